The Labute approximate surface area is 147 Å². The largest absolute Gasteiger partial charge is 0.354 e. The Hall–Kier alpha value is -2.48. The van der Waals surface area contributed by atoms with Gasteiger partial charge in [-0.1, -0.05) is 0 Å². The minimum atomic E-state index is -0.0998. The zero-order chi connectivity index (χ0) is 17.8. The molecule has 25 heavy (non-hydrogen) atoms. The van der Waals surface area contributed by atoms with Gasteiger partial charge < -0.3 is 15.1 Å². The van der Waals surface area contributed by atoms with Crippen molar-refractivity contribution in [3.63, 3.8) is 0 Å². The number of rotatable bonds is 5. The minimum Gasteiger partial charge on any atom is -0.354 e. The van der Waals surface area contributed by atoms with E-state index in [1.54, 1.807) is 23.3 Å². The van der Waals surface area contributed by atoms with E-state index in [-0.39, 0.29) is 18.0 Å². The average Bonchev–Trinajstić information content (AvgIpc) is 3.16. The van der Waals surface area contributed by atoms with Gasteiger partial charge >= 0.3 is 0 Å². The number of anilines is 1. The monoisotopic (exact) mass is 343 g/mol. The zero-order valence-electron chi connectivity index (χ0n) is 15.0. The predicted octanol–water partition coefficient (Wildman–Crippen LogP) is 0.804. The second kappa shape index (κ2) is 7.60. The Morgan fingerprint density at radius 1 is 1.24 bits per heavy atom. The van der Waals surface area contributed by atoms with Crippen LogP contribution in [0.3, 0.4) is 0 Å². The summed E-state index contributed by atoms with van der Waals surface area (Å²) < 4.78 is 1.74. The molecule has 0 unspecified atom stereocenters. The number of hydrogen-bond acceptors (Lipinski definition) is 6. The lowest BCUT2D eigenvalue weighted by Gasteiger charge is -2.33. The maximum Gasteiger partial charge on any atom is 0.251 e. The fourth-order valence-electron chi connectivity index (χ4n) is 2.84. The highest BCUT2D eigenvalue weighted by Gasteiger charge is 2.20. The second-order valence-corrected chi connectivity index (χ2v) is 6.57. The lowest BCUT2D eigenvalue weighted by Crippen LogP contribution is -2.45. The number of piperazine rings is 1. The maximum absolute atomic E-state index is 12.6. The van der Waals surface area contributed by atoms with Crippen molar-refractivity contribution in [2.24, 2.45) is 0 Å². The highest BCUT2D eigenvalue weighted by atomic mass is 16.1. The van der Waals surface area contributed by atoms with E-state index in [0.29, 0.717) is 5.56 Å². The molecule has 8 nitrogen and oxygen atoms in total. The lowest BCUT2D eigenvalue weighted by atomic mass is 10.1. The van der Waals surface area contributed by atoms with Crippen molar-refractivity contribution in [2.75, 3.05) is 38.1 Å². The van der Waals surface area contributed by atoms with Crippen LogP contribution in [-0.2, 0) is 0 Å². The SMILES string of the molecule is C[C@H]([C@@H](C)NC(=O)c1ccnc(N2CCN(C)CC2)c1)n1cncn1. The van der Waals surface area contributed by atoms with Gasteiger partial charge in [0.2, 0.25) is 0 Å². The molecular formula is C17H25N7O. The Balaban J connectivity index is 1.65. The van der Waals surface area contributed by atoms with Gasteiger partial charge in [0, 0.05) is 44.0 Å². The van der Waals surface area contributed by atoms with Gasteiger partial charge in [-0.15, -0.1) is 0 Å². The van der Waals surface area contributed by atoms with Crippen molar-refractivity contribution < 1.29 is 4.79 Å². The third kappa shape index (κ3) is 4.14. The molecule has 1 amide bonds. The highest BCUT2D eigenvalue weighted by molar-refractivity contribution is 5.95. The highest BCUT2D eigenvalue weighted by Crippen LogP contribution is 2.16. The molecule has 1 aliphatic rings. The molecular weight excluding hydrogens is 318 g/mol. The number of pyridine rings is 1. The topological polar surface area (TPSA) is 79.2 Å². The van der Waals surface area contributed by atoms with Crippen molar-refractivity contribution in [1.29, 1.82) is 0 Å². The summed E-state index contributed by atoms with van der Waals surface area (Å²) in [5.74, 6) is 0.759. The molecule has 2 aromatic rings. The number of aromatic nitrogens is 4. The Morgan fingerprint density at radius 2 is 2.00 bits per heavy atom. The van der Waals surface area contributed by atoms with Crippen LogP contribution in [0.2, 0.25) is 0 Å². The van der Waals surface area contributed by atoms with Gasteiger partial charge in [-0.25, -0.2) is 14.6 Å². The molecule has 134 valence electrons. The van der Waals surface area contributed by atoms with Crippen molar-refractivity contribution in [2.45, 2.75) is 25.9 Å². The summed E-state index contributed by atoms with van der Waals surface area (Å²) in [5, 5.41) is 7.17. The first-order valence-corrected chi connectivity index (χ1v) is 8.59. The van der Waals surface area contributed by atoms with E-state index in [1.807, 2.05) is 19.9 Å². The van der Waals surface area contributed by atoms with Crippen LogP contribution in [-0.4, -0.2) is 69.8 Å². The van der Waals surface area contributed by atoms with Gasteiger partial charge in [-0.2, -0.15) is 5.10 Å². The number of nitrogens with zero attached hydrogens (tertiary/aromatic N) is 6. The summed E-state index contributed by atoms with van der Waals surface area (Å²) in [4.78, 5) is 25.5. The molecule has 1 aliphatic heterocycles. The number of likely N-dealkylation sites (N-methyl/N-ethyl adjacent to an activating group) is 1. The van der Waals surface area contributed by atoms with Gasteiger partial charge in [0.25, 0.3) is 5.91 Å². The molecule has 8 heteroatoms. The summed E-state index contributed by atoms with van der Waals surface area (Å²) in [5.41, 5.74) is 0.626. The van der Waals surface area contributed by atoms with Gasteiger partial charge in [0.1, 0.15) is 18.5 Å². The van der Waals surface area contributed by atoms with Crippen LogP contribution in [0.1, 0.15) is 30.2 Å². The standard InChI is InChI=1S/C17H25N7O/c1-13(14(2)24-12-18-11-20-24)21-17(25)15-4-5-19-16(10-15)23-8-6-22(3)7-9-23/h4-5,10-14H,6-9H2,1-3H3,(H,21,25)/t13-,14-/m1/s1. The quantitative estimate of drug-likeness (QED) is 0.865. The normalized spacial score (nSPS) is 18.0. The van der Waals surface area contributed by atoms with Crippen molar-refractivity contribution in [1.82, 2.24) is 30.0 Å². The van der Waals surface area contributed by atoms with E-state index in [1.165, 1.54) is 6.33 Å². The van der Waals surface area contributed by atoms with Crippen LogP contribution in [0.25, 0.3) is 0 Å². The summed E-state index contributed by atoms with van der Waals surface area (Å²) in [7, 11) is 2.12. The van der Waals surface area contributed by atoms with Crippen LogP contribution in [0.15, 0.2) is 31.0 Å². The summed E-state index contributed by atoms with van der Waals surface area (Å²) in [6.45, 7) is 7.83. The number of nitrogens with one attached hydrogen (secondary N) is 1. The Bertz CT molecular complexity index is 695. The molecule has 1 N–H and O–H groups in total. The molecule has 0 aliphatic carbocycles. The van der Waals surface area contributed by atoms with Crippen LogP contribution >= 0.6 is 0 Å². The Kier molecular flexibility index (Phi) is 5.28. The van der Waals surface area contributed by atoms with E-state index < -0.39 is 0 Å². The van der Waals surface area contributed by atoms with Crippen molar-refractivity contribution >= 4 is 11.7 Å². The van der Waals surface area contributed by atoms with Crippen molar-refractivity contribution in [3.8, 4) is 0 Å². The number of hydrogen-bond donors (Lipinski definition) is 1. The van der Waals surface area contributed by atoms with E-state index in [4.69, 9.17) is 0 Å². The van der Waals surface area contributed by atoms with Crippen LogP contribution in [0.4, 0.5) is 5.82 Å². The van der Waals surface area contributed by atoms with Crippen molar-refractivity contribution in [3.05, 3.63) is 36.5 Å². The van der Waals surface area contributed by atoms with Gasteiger partial charge in [-0.3, -0.25) is 4.79 Å². The Morgan fingerprint density at radius 3 is 2.68 bits per heavy atom. The van der Waals surface area contributed by atoms with E-state index in [9.17, 15) is 4.79 Å². The molecule has 3 heterocycles. The van der Waals surface area contributed by atoms with E-state index in [2.05, 4.69) is 37.2 Å². The summed E-state index contributed by atoms with van der Waals surface area (Å²) in [6.07, 6.45) is 4.86. The molecule has 2 atom stereocenters. The maximum atomic E-state index is 12.6. The van der Waals surface area contributed by atoms with E-state index in [0.717, 1.165) is 32.0 Å². The predicted molar refractivity (Wildman–Crippen MR) is 95.6 cm³/mol. The molecule has 1 fully saturated rings. The number of carbonyl (C=O) groups is 1. The zero-order valence-corrected chi connectivity index (χ0v) is 15.0. The fraction of sp³-hybridized carbons (Fsp3) is 0.529. The minimum absolute atomic E-state index is 0.0189. The number of carbonyl (C=O) groups excluding carboxylic acids is 1. The first-order chi connectivity index (χ1) is 12.0. The molecule has 0 aromatic carbocycles. The van der Waals surface area contributed by atoms with Crippen LogP contribution in [0, 0.1) is 0 Å². The smallest absolute Gasteiger partial charge is 0.251 e. The molecule has 3 rings (SSSR count). The van der Waals surface area contributed by atoms with Gasteiger partial charge in [0.05, 0.1) is 6.04 Å². The molecule has 0 spiro atoms. The average molecular weight is 343 g/mol. The molecule has 0 bridgehead atoms. The molecule has 1 saturated heterocycles. The van der Waals surface area contributed by atoms with E-state index >= 15 is 0 Å². The van der Waals surface area contributed by atoms with Gasteiger partial charge in [-0.05, 0) is 33.0 Å². The fourth-order valence-corrected chi connectivity index (χ4v) is 2.84. The molecule has 0 radical (unpaired) electrons. The second-order valence-electron chi connectivity index (χ2n) is 6.57. The van der Waals surface area contributed by atoms with Crippen LogP contribution in [0.5, 0.6) is 0 Å². The first-order valence-electron chi connectivity index (χ1n) is 8.59. The van der Waals surface area contributed by atoms with Gasteiger partial charge in [0.15, 0.2) is 0 Å². The molecule has 2 aromatic heterocycles. The lowest BCUT2D eigenvalue weighted by molar-refractivity contribution is 0.0928. The molecule has 0 saturated carbocycles. The first kappa shape index (κ1) is 17.3. The van der Waals surface area contributed by atoms with Crippen LogP contribution < -0.4 is 10.2 Å². The third-order valence-electron chi connectivity index (χ3n) is 4.77. The summed E-state index contributed by atoms with van der Waals surface area (Å²) in [6, 6.07) is 3.56. The summed E-state index contributed by atoms with van der Waals surface area (Å²) >= 11 is 0. The third-order valence-corrected chi connectivity index (χ3v) is 4.77. The number of amides is 1.